The Labute approximate surface area is 87.0 Å². The maximum atomic E-state index is 13.8. The van der Waals surface area contributed by atoms with Gasteiger partial charge in [0, 0.05) is 5.56 Å². The summed E-state index contributed by atoms with van der Waals surface area (Å²) in [6.07, 6.45) is 0.717. The number of hydrazine groups is 1. The first-order valence-electron chi connectivity index (χ1n) is 4.61. The molecule has 1 aromatic rings. The second-order valence-corrected chi connectivity index (χ2v) is 3.47. The molecule has 2 rings (SSSR count). The van der Waals surface area contributed by atoms with Crippen molar-refractivity contribution in [3.8, 4) is 0 Å². The Morgan fingerprint density at radius 3 is 2.80 bits per heavy atom. The SMILES string of the molecule is CC1=C(F)c2ccccc2C(C=O)N1N. The number of carbonyl (C=O) groups excluding carboxylic acids is 1. The molecule has 0 amide bonds. The molecule has 0 saturated carbocycles. The molecule has 78 valence electrons. The summed E-state index contributed by atoms with van der Waals surface area (Å²) in [5, 5.41) is 1.16. The Hall–Kier alpha value is -1.68. The van der Waals surface area contributed by atoms with E-state index in [2.05, 4.69) is 0 Å². The van der Waals surface area contributed by atoms with Crippen LogP contribution in [0.5, 0.6) is 0 Å². The molecule has 0 radical (unpaired) electrons. The van der Waals surface area contributed by atoms with E-state index in [1.807, 2.05) is 0 Å². The van der Waals surface area contributed by atoms with E-state index in [1.165, 1.54) is 0 Å². The Kier molecular flexibility index (Phi) is 2.28. The summed E-state index contributed by atoms with van der Waals surface area (Å²) in [5.41, 5.74) is 1.35. The highest BCUT2D eigenvalue weighted by molar-refractivity contribution is 5.74. The Balaban J connectivity index is 2.67. The van der Waals surface area contributed by atoms with Gasteiger partial charge in [-0.25, -0.2) is 10.2 Å². The second kappa shape index (κ2) is 3.47. The molecule has 0 bridgehead atoms. The van der Waals surface area contributed by atoms with Gasteiger partial charge in [-0.05, 0) is 12.5 Å². The van der Waals surface area contributed by atoms with Crippen molar-refractivity contribution < 1.29 is 9.18 Å². The first kappa shape index (κ1) is 9.86. The van der Waals surface area contributed by atoms with Crippen molar-refractivity contribution in [1.29, 1.82) is 0 Å². The van der Waals surface area contributed by atoms with Crippen LogP contribution in [0.2, 0.25) is 0 Å². The second-order valence-electron chi connectivity index (χ2n) is 3.47. The van der Waals surface area contributed by atoms with Gasteiger partial charge in [-0.3, -0.25) is 5.01 Å². The van der Waals surface area contributed by atoms with Gasteiger partial charge >= 0.3 is 0 Å². The number of nitrogens with zero attached hydrogens (tertiary/aromatic N) is 1. The lowest BCUT2D eigenvalue weighted by Gasteiger charge is -2.31. The van der Waals surface area contributed by atoms with E-state index in [0.717, 1.165) is 11.3 Å². The number of fused-ring (bicyclic) bond motifs is 1. The van der Waals surface area contributed by atoms with Gasteiger partial charge in [0.25, 0.3) is 0 Å². The fourth-order valence-corrected chi connectivity index (χ4v) is 1.76. The minimum Gasteiger partial charge on any atom is -0.301 e. The largest absolute Gasteiger partial charge is 0.301 e. The number of halogens is 1. The van der Waals surface area contributed by atoms with Crippen molar-refractivity contribution in [2.24, 2.45) is 5.84 Å². The van der Waals surface area contributed by atoms with Crippen LogP contribution in [0.25, 0.3) is 5.83 Å². The monoisotopic (exact) mass is 206 g/mol. The number of aldehydes is 1. The molecule has 1 aromatic carbocycles. The number of nitrogens with two attached hydrogens (primary N) is 1. The maximum absolute atomic E-state index is 13.8. The van der Waals surface area contributed by atoms with Gasteiger partial charge in [0.2, 0.25) is 0 Å². The number of hydrogen-bond acceptors (Lipinski definition) is 3. The van der Waals surface area contributed by atoms with Crippen LogP contribution < -0.4 is 5.84 Å². The minimum atomic E-state index is -0.597. The number of carbonyl (C=O) groups is 1. The molecule has 1 heterocycles. The van der Waals surface area contributed by atoms with Crippen LogP contribution in [0.4, 0.5) is 4.39 Å². The van der Waals surface area contributed by atoms with Gasteiger partial charge in [-0.1, -0.05) is 24.3 Å². The molecule has 4 heteroatoms. The number of allylic oxidation sites excluding steroid dienone is 1. The van der Waals surface area contributed by atoms with E-state index in [-0.39, 0.29) is 11.5 Å². The van der Waals surface area contributed by atoms with Crippen molar-refractivity contribution in [2.45, 2.75) is 13.0 Å². The predicted molar refractivity (Wildman–Crippen MR) is 55.0 cm³/mol. The molecule has 0 aromatic heterocycles. The van der Waals surface area contributed by atoms with Crippen LogP contribution in [0.15, 0.2) is 30.0 Å². The summed E-state index contributed by atoms with van der Waals surface area (Å²) in [7, 11) is 0. The standard InChI is InChI=1S/C11H11FN2O/c1-7-11(12)9-5-3-2-4-8(9)10(6-15)14(7)13/h2-6,10H,13H2,1H3. The maximum Gasteiger partial charge on any atom is 0.151 e. The summed E-state index contributed by atoms with van der Waals surface area (Å²) in [4.78, 5) is 10.9. The highest BCUT2D eigenvalue weighted by atomic mass is 19.1. The lowest BCUT2D eigenvalue weighted by molar-refractivity contribution is -0.112. The smallest absolute Gasteiger partial charge is 0.151 e. The predicted octanol–water partition coefficient (Wildman–Crippen LogP) is 1.77. The number of benzene rings is 1. The molecular formula is C11H11FN2O. The summed E-state index contributed by atoms with van der Waals surface area (Å²) in [6.45, 7) is 1.56. The van der Waals surface area contributed by atoms with Crippen molar-refractivity contribution in [3.63, 3.8) is 0 Å². The lowest BCUT2D eigenvalue weighted by atomic mass is 9.95. The summed E-state index contributed by atoms with van der Waals surface area (Å²) in [6, 6.07) is 6.26. The topological polar surface area (TPSA) is 46.3 Å². The highest BCUT2D eigenvalue weighted by Crippen LogP contribution is 2.36. The van der Waals surface area contributed by atoms with Gasteiger partial charge in [0.1, 0.15) is 12.3 Å². The molecule has 1 unspecified atom stereocenters. The molecule has 2 N–H and O–H groups in total. The molecule has 3 nitrogen and oxygen atoms in total. The van der Waals surface area contributed by atoms with Crippen LogP contribution >= 0.6 is 0 Å². The van der Waals surface area contributed by atoms with Crippen LogP contribution in [-0.2, 0) is 4.79 Å². The zero-order chi connectivity index (χ0) is 11.0. The minimum absolute atomic E-state index is 0.283. The average Bonchev–Trinajstić information content (AvgIpc) is 2.27. The van der Waals surface area contributed by atoms with E-state index in [0.29, 0.717) is 11.1 Å². The molecule has 15 heavy (non-hydrogen) atoms. The van der Waals surface area contributed by atoms with E-state index < -0.39 is 6.04 Å². The van der Waals surface area contributed by atoms with Gasteiger partial charge < -0.3 is 4.79 Å². The van der Waals surface area contributed by atoms with E-state index >= 15 is 0 Å². The third-order valence-corrected chi connectivity index (χ3v) is 2.65. The Morgan fingerprint density at radius 1 is 1.47 bits per heavy atom. The molecule has 1 atom stereocenters. The average molecular weight is 206 g/mol. The molecule has 1 aliphatic heterocycles. The zero-order valence-electron chi connectivity index (χ0n) is 8.27. The van der Waals surface area contributed by atoms with Gasteiger partial charge in [0.05, 0.1) is 5.70 Å². The van der Waals surface area contributed by atoms with Crippen molar-refractivity contribution in [1.82, 2.24) is 5.01 Å². The van der Waals surface area contributed by atoms with Crippen LogP contribution in [0.1, 0.15) is 24.1 Å². The highest BCUT2D eigenvalue weighted by Gasteiger charge is 2.28. The van der Waals surface area contributed by atoms with Gasteiger partial charge in [0.15, 0.2) is 5.83 Å². The fraction of sp³-hybridized carbons (Fsp3) is 0.182. The van der Waals surface area contributed by atoms with Crippen molar-refractivity contribution >= 4 is 12.1 Å². The van der Waals surface area contributed by atoms with E-state index in [4.69, 9.17) is 5.84 Å². The van der Waals surface area contributed by atoms with Crippen LogP contribution in [0.3, 0.4) is 0 Å². The molecular weight excluding hydrogens is 195 g/mol. The third-order valence-electron chi connectivity index (χ3n) is 2.65. The molecule has 0 aliphatic carbocycles. The Bertz CT molecular complexity index is 442. The normalized spacial score (nSPS) is 20.2. The molecule has 1 aliphatic rings. The number of rotatable bonds is 1. The van der Waals surface area contributed by atoms with Gasteiger partial charge in [-0.15, -0.1) is 0 Å². The molecule has 0 saturated heterocycles. The molecule has 0 spiro atoms. The fourth-order valence-electron chi connectivity index (χ4n) is 1.76. The zero-order valence-corrected chi connectivity index (χ0v) is 8.27. The third kappa shape index (κ3) is 1.34. The lowest BCUT2D eigenvalue weighted by Crippen LogP contribution is -2.37. The quantitative estimate of drug-likeness (QED) is 0.562. The summed E-state index contributed by atoms with van der Waals surface area (Å²) >= 11 is 0. The molecule has 0 fully saturated rings. The van der Waals surface area contributed by atoms with Crippen molar-refractivity contribution in [2.75, 3.05) is 0 Å². The summed E-state index contributed by atoms with van der Waals surface area (Å²) in [5.74, 6) is 5.27. The first-order valence-corrected chi connectivity index (χ1v) is 4.61. The summed E-state index contributed by atoms with van der Waals surface area (Å²) < 4.78 is 13.8. The van der Waals surface area contributed by atoms with Crippen LogP contribution in [-0.4, -0.2) is 11.3 Å². The van der Waals surface area contributed by atoms with E-state index in [9.17, 15) is 9.18 Å². The van der Waals surface area contributed by atoms with Crippen LogP contribution in [0, 0.1) is 0 Å². The number of hydrogen-bond donors (Lipinski definition) is 1. The van der Waals surface area contributed by atoms with Crippen molar-refractivity contribution in [3.05, 3.63) is 41.1 Å². The first-order chi connectivity index (χ1) is 7.16. The van der Waals surface area contributed by atoms with E-state index in [1.54, 1.807) is 31.2 Å². The van der Waals surface area contributed by atoms with Gasteiger partial charge in [-0.2, -0.15) is 0 Å². The Morgan fingerprint density at radius 2 is 2.13 bits per heavy atom.